The Kier molecular flexibility index (Phi) is 7.01. The normalized spacial score (nSPS) is 11.2. The molecule has 0 fully saturated rings. The highest BCUT2D eigenvalue weighted by Crippen LogP contribution is 2.30. The smallest absolute Gasteiger partial charge is 0.416 e. The molecule has 0 saturated carbocycles. The number of carbonyl (C=O) groups is 1. The van der Waals surface area contributed by atoms with Crippen molar-refractivity contribution in [1.82, 2.24) is 14.8 Å². The number of hydrogen-bond acceptors (Lipinski definition) is 5. The van der Waals surface area contributed by atoms with E-state index in [1.807, 2.05) is 28.8 Å². The lowest BCUT2D eigenvalue weighted by Gasteiger charge is -2.10. The van der Waals surface area contributed by atoms with Gasteiger partial charge in [-0.2, -0.15) is 13.2 Å². The largest absolute Gasteiger partial charge is 0.497 e. The molecule has 162 valence electrons. The van der Waals surface area contributed by atoms with Gasteiger partial charge in [0.1, 0.15) is 5.75 Å². The molecule has 1 amide bonds. The summed E-state index contributed by atoms with van der Waals surface area (Å²) >= 11 is 1.17. The third-order valence-electron chi connectivity index (χ3n) is 4.21. The van der Waals surface area contributed by atoms with Gasteiger partial charge in [0.15, 0.2) is 11.0 Å². The highest BCUT2D eigenvalue weighted by molar-refractivity contribution is 7.99. The molecule has 6 nitrogen and oxygen atoms in total. The van der Waals surface area contributed by atoms with Gasteiger partial charge in [-0.15, -0.1) is 16.8 Å². The van der Waals surface area contributed by atoms with Crippen LogP contribution >= 0.6 is 11.8 Å². The summed E-state index contributed by atoms with van der Waals surface area (Å²) in [6.07, 6.45) is -2.72. The van der Waals surface area contributed by atoms with Crippen molar-refractivity contribution in [2.24, 2.45) is 0 Å². The van der Waals surface area contributed by atoms with Gasteiger partial charge in [0.25, 0.3) is 0 Å². The van der Waals surface area contributed by atoms with Crippen molar-refractivity contribution in [2.45, 2.75) is 17.9 Å². The molecule has 0 atom stereocenters. The zero-order valence-corrected chi connectivity index (χ0v) is 17.3. The number of nitrogens with one attached hydrogen (secondary N) is 1. The lowest BCUT2D eigenvalue weighted by molar-refractivity contribution is -0.137. The van der Waals surface area contributed by atoms with E-state index in [-0.39, 0.29) is 17.3 Å². The molecule has 0 aliphatic heterocycles. The molecule has 1 heterocycles. The molecule has 0 radical (unpaired) electrons. The highest BCUT2D eigenvalue weighted by Gasteiger charge is 2.30. The number of anilines is 1. The van der Waals surface area contributed by atoms with Crippen LogP contribution in [0.2, 0.25) is 0 Å². The number of benzene rings is 2. The van der Waals surface area contributed by atoms with Crippen molar-refractivity contribution in [3.63, 3.8) is 0 Å². The molecule has 3 aromatic rings. The summed E-state index contributed by atoms with van der Waals surface area (Å²) in [5, 5.41) is 11.5. The summed E-state index contributed by atoms with van der Waals surface area (Å²) in [4.78, 5) is 12.2. The van der Waals surface area contributed by atoms with E-state index < -0.39 is 11.7 Å². The molecule has 0 aliphatic carbocycles. The number of amides is 1. The second-order valence-corrected chi connectivity index (χ2v) is 7.29. The van der Waals surface area contributed by atoms with Crippen molar-refractivity contribution < 1.29 is 22.7 Å². The maximum Gasteiger partial charge on any atom is 0.416 e. The molecule has 0 saturated heterocycles. The number of carbonyl (C=O) groups excluding carboxylic acids is 1. The number of allylic oxidation sites excluding steroid dienone is 1. The Bertz CT molecular complexity index is 1050. The summed E-state index contributed by atoms with van der Waals surface area (Å²) in [6.45, 7) is 4.19. The first-order valence-corrected chi connectivity index (χ1v) is 10.1. The van der Waals surface area contributed by atoms with Crippen LogP contribution in [0.3, 0.4) is 0 Å². The number of aromatic nitrogens is 3. The first-order chi connectivity index (χ1) is 14.8. The van der Waals surface area contributed by atoms with Crippen molar-refractivity contribution >= 4 is 23.4 Å². The number of thioether (sulfide) groups is 1. The maximum absolute atomic E-state index is 12.6. The van der Waals surface area contributed by atoms with E-state index in [2.05, 4.69) is 22.1 Å². The van der Waals surface area contributed by atoms with E-state index in [1.54, 1.807) is 13.2 Å². The minimum atomic E-state index is -4.42. The predicted octanol–water partition coefficient (Wildman–Crippen LogP) is 4.89. The van der Waals surface area contributed by atoms with E-state index in [0.29, 0.717) is 23.3 Å². The van der Waals surface area contributed by atoms with Gasteiger partial charge in [0.2, 0.25) is 5.91 Å². The summed E-state index contributed by atoms with van der Waals surface area (Å²) in [5.41, 5.74) is 0.338. The van der Waals surface area contributed by atoms with E-state index in [4.69, 9.17) is 4.74 Å². The number of alkyl halides is 3. The van der Waals surface area contributed by atoms with Gasteiger partial charge in [-0.1, -0.05) is 17.8 Å². The Labute approximate surface area is 181 Å². The second-order valence-electron chi connectivity index (χ2n) is 6.35. The second kappa shape index (κ2) is 9.69. The van der Waals surface area contributed by atoms with E-state index in [9.17, 15) is 18.0 Å². The fourth-order valence-electron chi connectivity index (χ4n) is 2.71. The predicted molar refractivity (Wildman–Crippen MR) is 113 cm³/mol. The highest BCUT2D eigenvalue weighted by atomic mass is 32.2. The van der Waals surface area contributed by atoms with Gasteiger partial charge < -0.3 is 10.1 Å². The molecule has 1 aromatic heterocycles. The van der Waals surface area contributed by atoms with Crippen molar-refractivity contribution in [3.8, 4) is 17.1 Å². The van der Waals surface area contributed by atoms with Crippen LogP contribution in [0.5, 0.6) is 5.75 Å². The third kappa shape index (κ3) is 5.66. The minimum absolute atomic E-state index is 0.0128. The third-order valence-corrected chi connectivity index (χ3v) is 5.17. The Morgan fingerprint density at radius 2 is 1.84 bits per heavy atom. The fourth-order valence-corrected chi connectivity index (χ4v) is 3.46. The van der Waals surface area contributed by atoms with Gasteiger partial charge >= 0.3 is 6.18 Å². The fraction of sp³-hybridized carbons (Fsp3) is 0.190. The van der Waals surface area contributed by atoms with Gasteiger partial charge in [-0.25, -0.2) is 0 Å². The topological polar surface area (TPSA) is 69.0 Å². The van der Waals surface area contributed by atoms with Crippen molar-refractivity contribution in [1.29, 1.82) is 0 Å². The van der Waals surface area contributed by atoms with Gasteiger partial charge in [0, 0.05) is 17.8 Å². The van der Waals surface area contributed by atoms with Crippen LogP contribution in [0.4, 0.5) is 18.9 Å². The lowest BCUT2D eigenvalue weighted by Crippen LogP contribution is -2.15. The number of methoxy groups -OCH3 is 1. The zero-order valence-electron chi connectivity index (χ0n) is 16.5. The van der Waals surface area contributed by atoms with E-state index >= 15 is 0 Å². The number of hydrogen-bond donors (Lipinski definition) is 1. The molecule has 0 spiro atoms. The Hall–Kier alpha value is -3.27. The van der Waals surface area contributed by atoms with E-state index in [1.165, 1.54) is 23.9 Å². The molecule has 0 aliphatic rings. The molecule has 1 N–H and O–H groups in total. The Morgan fingerprint density at radius 3 is 2.42 bits per heavy atom. The monoisotopic (exact) mass is 448 g/mol. The molecule has 2 aromatic carbocycles. The first-order valence-electron chi connectivity index (χ1n) is 9.10. The van der Waals surface area contributed by atoms with Crippen LogP contribution in [-0.2, 0) is 17.5 Å². The number of ether oxygens (including phenoxy) is 1. The average Bonchev–Trinajstić information content (AvgIpc) is 3.15. The van der Waals surface area contributed by atoms with Crippen molar-refractivity contribution in [2.75, 3.05) is 18.2 Å². The molecule has 0 unspecified atom stereocenters. The number of halogens is 3. The summed E-state index contributed by atoms with van der Waals surface area (Å²) in [7, 11) is 1.58. The molecular formula is C21H19F3N4O2S. The Balaban J connectivity index is 1.67. The quantitative estimate of drug-likeness (QED) is 0.393. The van der Waals surface area contributed by atoms with Gasteiger partial charge in [0.05, 0.1) is 18.4 Å². The zero-order chi connectivity index (χ0) is 22.4. The molecule has 10 heteroatoms. The van der Waals surface area contributed by atoms with Crippen LogP contribution in [-0.4, -0.2) is 33.5 Å². The van der Waals surface area contributed by atoms with E-state index in [0.717, 1.165) is 17.7 Å². The molecule has 0 bridgehead atoms. The maximum atomic E-state index is 12.6. The lowest BCUT2D eigenvalue weighted by atomic mass is 10.2. The minimum Gasteiger partial charge on any atom is -0.497 e. The van der Waals surface area contributed by atoms with Crippen LogP contribution in [0.1, 0.15) is 5.56 Å². The van der Waals surface area contributed by atoms with Crippen LogP contribution in [0.25, 0.3) is 11.4 Å². The van der Waals surface area contributed by atoms with Gasteiger partial charge in [-0.3, -0.25) is 9.36 Å². The summed E-state index contributed by atoms with van der Waals surface area (Å²) in [5.74, 6) is 0.976. The Morgan fingerprint density at radius 1 is 1.16 bits per heavy atom. The molecule has 31 heavy (non-hydrogen) atoms. The summed E-state index contributed by atoms with van der Waals surface area (Å²) in [6, 6.07) is 11.6. The molecular weight excluding hydrogens is 429 g/mol. The molecule has 3 rings (SSSR count). The SMILES string of the molecule is C=CCn1c(SCC(=O)Nc2ccc(C(F)(F)F)cc2)nnc1-c1ccc(OC)cc1. The number of nitrogens with zero attached hydrogens (tertiary/aromatic N) is 3. The summed E-state index contributed by atoms with van der Waals surface area (Å²) < 4.78 is 44.9. The average molecular weight is 448 g/mol. The van der Waals surface area contributed by atoms with Gasteiger partial charge in [-0.05, 0) is 48.5 Å². The van der Waals surface area contributed by atoms with Crippen LogP contribution < -0.4 is 10.1 Å². The first kappa shape index (κ1) is 22.4. The van der Waals surface area contributed by atoms with Crippen LogP contribution in [0, 0.1) is 0 Å². The number of rotatable bonds is 8. The standard InChI is InChI=1S/C21H19F3N4O2S/c1-3-12-28-19(14-4-10-17(30-2)11-5-14)26-27-20(28)31-13-18(29)25-16-8-6-15(7-9-16)21(22,23)24/h3-11H,1,12-13H2,2H3,(H,25,29). The van der Waals surface area contributed by atoms with Crippen LogP contribution in [0.15, 0.2) is 66.3 Å². The van der Waals surface area contributed by atoms with Crippen molar-refractivity contribution in [3.05, 3.63) is 66.7 Å².